The fourth-order valence-electron chi connectivity index (χ4n) is 2.91. The van der Waals surface area contributed by atoms with Crippen LogP contribution < -0.4 is 5.32 Å². The van der Waals surface area contributed by atoms with Gasteiger partial charge in [0.05, 0.1) is 11.8 Å². The first-order valence-corrected chi connectivity index (χ1v) is 9.50. The average Bonchev–Trinajstić information content (AvgIpc) is 3.31. The van der Waals surface area contributed by atoms with Crippen molar-refractivity contribution in [1.29, 1.82) is 0 Å². The number of benzene rings is 1. The van der Waals surface area contributed by atoms with Gasteiger partial charge in [0.1, 0.15) is 0 Å². The van der Waals surface area contributed by atoms with Crippen LogP contribution in [0.2, 0.25) is 0 Å². The number of hydrogen-bond donors (Lipinski definition) is 3. The van der Waals surface area contributed by atoms with Gasteiger partial charge in [0.25, 0.3) is 0 Å². The second-order valence-corrected chi connectivity index (χ2v) is 8.19. The summed E-state index contributed by atoms with van der Waals surface area (Å²) in [6, 6.07) is 9.86. The maximum atomic E-state index is 11.6. The summed E-state index contributed by atoms with van der Waals surface area (Å²) in [4.78, 5) is 23.5. The smallest absolute Gasteiger partial charge is 0.223 e. The van der Waals surface area contributed by atoms with E-state index in [4.69, 9.17) is 0 Å². The Morgan fingerprint density at radius 3 is 2.54 bits per heavy atom. The molecule has 7 heteroatoms. The highest BCUT2D eigenvalue weighted by atomic mass is 16.3. The van der Waals surface area contributed by atoms with Gasteiger partial charge in [-0.05, 0) is 29.0 Å². The van der Waals surface area contributed by atoms with Crippen molar-refractivity contribution >= 4 is 12.3 Å². The summed E-state index contributed by atoms with van der Waals surface area (Å²) in [5, 5.41) is 18.7. The van der Waals surface area contributed by atoms with E-state index in [1.165, 1.54) is 0 Å². The molecule has 1 aromatic carbocycles. The summed E-state index contributed by atoms with van der Waals surface area (Å²) in [6.45, 7) is 7.96. The number of nitrogens with zero attached hydrogens (tertiary/aromatic N) is 2. The quantitative estimate of drug-likeness (QED) is 0.687. The number of carbonyl (C=O) groups excluding carboxylic acids is 2. The third-order valence-corrected chi connectivity index (χ3v) is 4.35. The summed E-state index contributed by atoms with van der Waals surface area (Å²) in [7, 11) is 0. The summed E-state index contributed by atoms with van der Waals surface area (Å²) >= 11 is 0. The van der Waals surface area contributed by atoms with Gasteiger partial charge in [-0.25, -0.2) is 0 Å². The molecular formula is C21H30N4O3. The molecule has 152 valence electrons. The molecule has 1 unspecified atom stereocenters. The molecule has 1 fully saturated rings. The Labute approximate surface area is 166 Å². The highest BCUT2D eigenvalue weighted by Gasteiger charge is 2.27. The Hall–Kier alpha value is -2.67. The summed E-state index contributed by atoms with van der Waals surface area (Å²) in [5.74, 6) is 0.170. The van der Waals surface area contributed by atoms with E-state index < -0.39 is 0 Å². The maximum Gasteiger partial charge on any atom is 0.223 e. The van der Waals surface area contributed by atoms with Crippen LogP contribution >= 0.6 is 0 Å². The second kappa shape index (κ2) is 10.0. The van der Waals surface area contributed by atoms with Crippen LogP contribution in [0, 0.1) is 5.41 Å². The Balaban J connectivity index is 0.000000203. The number of β-amino-alcohol motifs (C(OH)–C–C–N with tert-alkyl or cyclic N) is 1. The van der Waals surface area contributed by atoms with Crippen molar-refractivity contribution in [2.75, 3.05) is 13.1 Å². The van der Waals surface area contributed by atoms with E-state index in [2.05, 4.69) is 36.3 Å². The standard InChI is InChI=1S/C11H11N3O.C10H19NO2/c15-8-12-7-9-1-3-10(4-2-9)11-5-6-13-14-11;1-10(2,3)6-9(13)11-5-4-8(12)7-11/h1-6,8H,7H2,(H,12,15)(H,13,14);8,12H,4-7H2,1-3H3. The number of rotatable bonds is 5. The van der Waals surface area contributed by atoms with E-state index in [1.54, 1.807) is 11.1 Å². The number of carbonyl (C=O) groups is 2. The van der Waals surface area contributed by atoms with Gasteiger partial charge in [-0.1, -0.05) is 45.0 Å². The number of aliphatic hydroxyl groups is 1. The molecule has 3 rings (SSSR count). The first kappa shape index (κ1) is 21.6. The van der Waals surface area contributed by atoms with Crippen LogP contribution in [0.1, 0.15) is 39.2 Å². The van der Waals surface area contributed by atoms with Gasteiger partial charge in [0, 0.05) is 32.3 Å². The molecule has 0 bridgehead atoms. The lowest BCUT2D eigenvalue weighted by atomic mass is 9.92. The minimum Gasteiger partial charge on any atom is -0.391 e. The Kier molecular flexibility index (Phi) is 7.75. The minimum absolute atomic E-state index is 0.0463. The molecule has 2 aromatic rings. The van der Waals surface area contributed by atoms with Gasteiger partial charge in [0.2, 0.25) is 12.3 Å². The van der Waals surface area contributed by atoms with Gasteiger partial charge >= 0.3 is 0 Å². The monoisotopic (exact) mass is 386 g/mol. The van der Waals surface area contributed by atoms with Crippen LogP contribution in [0.15, 0.2) is 36.5 Å². The predicted molar refractivity (Wildman–Crippen MR) is 108 cm³/mol. The third-order valence-electron chi connectivity index (χ3n) is 4.35. The van der Waals surface area contributed by atoms with Crippen LogP contribution in [-0.4, -0.2) is 51.7 Å². The molecule has 0 aliphatic carbocycles. The Morgan fingerprint density at radius 2 is 2.04 bits per heavy atom. The molecule has 28 heavy (non-hydrogen) atoms. The number of amides is 2. The first-order chi connectivity index (χ1) is 13.3. The highest BCUT2D eigenvalue weighted by molar-refractivity contribution is 5.77. The van der Waals surface area contributed by atoms with Gasteiger partial charge in [-0.2, -0.15) is 5.10 Å². The fourth-order valence-corrected chi connectivity index (χ4v) is 2.91. The van der Waals surface area contributed by atoms with E-state index in [0.717, 1.165) is 29.8 Å². The average molecular weight is 386 g/mol. The molecule has 0 spiro atoms. The normalized spacial score (nSPS) is 16.3. The van der Waals surface area contributed by atoms with E-state index in [0.29, 0.717) is 25.9 Å². The molecule has 1 aliphatic heterocycles. The van der Waals surface area contributed by atoms with Crippen LogP contribution in [-0.2, 0) is 16.1 Å². The SMILES string of the molecule is CC(C)(C)CC(=O)N1CCC(O)C1.O=CNCc1ccc(-c2ccn[nH]2)cc1. The topological polar surface area (TPSA) is 98.3 Å². The lowest BCUT2D eigenvalue weighted by molar-refractivity contribution is -0.132. The number of likely N-dealkylation sites (tertiary alicyclic amines) is 1. The zero-order chi connectivity index (χ0) is 20.6. The van der Waals surface area contributed by atoms with Crippen molar-refractivity contribution in [3.8, 4) is 11.3 Å². The lowest BCUT2D eigenvalue weighted by Crippen LogP contribution is -2.32. The summed E-state index contributed by atoms with van der Waals surface area (Å²) in [5.41, 5.74) is 3.20. The zero-order valence-electron chi connectivity index (χ0n) is 16.8. The van der Waals surface area contributed by atoms with E-state index >= 15 is 0 Å². The van der Waals surface area contributed by atoms with Crippen molar-refractivity contribution in [2.24, 2.45) is 5.41 Å². The van der Waals surface area contributed by atoms with Crippen LogP contribution in [0.3, 0.4) is 0 Å². The molecule has 0 saturated carbocycles. The van der Waals surface area contributed by atoms with Crippen molar-refractivity contribution in [3.63, 3.8) is 0 Å². The van der Waals surface area contributed by atoms with Crippen molar-refractivity contribution in [2.45, 2.75) is 46.3 Å². The number of aromatic amines is 1. The summed E-state index contributed by atoms with van der Waals surface area (Å²) in [6.07, 6.45) is 3.42. The third kappa shape index (κ3) is 7.15. The Morgan fingerprint density at radius 1 is 1.32 bits per heavy atom. The molecule has 2 heterocycles. The number of hydrogen-bond acceptors (Lipinski definition) is 4. The number of aliphatic hydroxyl groups excluding tert-OH is 1. The van der Waals surface area contributed by atoms with Crippen LogP contribution in [0.25, 0.3) is 11.3 Å². The van der Waals surface area contributed by atoms with Gasteiger partial charge in [-0.15, -0.1) is 0 Å². The molecule has 1 atom stereocenters. The van der Waals surface area contributed by atoms with Crippen LogP contribution in [0.4, 0.5) is 0 Å². The fraction of sp³-hybridized carbons (Fsp3) is 0.476. The number of nitrogens with one attached hydrogen (secondary N) is 2. The van der Waals surface area contributed by atoms with E-state index in [-0.39, 0.29) is 17.4 Å². The molecular weight excluding hydrogens is 356 g/mol. The molecule has 3 N–H and O–H groups in total. The van der Waals surface area contributed by atoms with E-state index in [1.807, 2.05) is 30.3 Å². The minimum atomic E-state index is -0.302. The number of H-pyrrole nitrogens is 1. The molecule has 7 nitrogen and oxygen atoms in total. The first-order valence-electron chi connectivity index (χ1n) is 9.50. The summed E-state index contributed by atoms with van der Waals surface area (Å²) < 4.78 is 0. The van der Waals surface area contributed by atoms with Crippen LogP contribution in [0.5, 0.6) is 0 Å². The van der Waals surface area contributed by atoms with E-state index in [9.17, 15) is 14.7 Å². The molecule has 1 aromatic heterocycles. The predicted octanol–water partition coefficient (Wildman–Crippen LogP) is 2.34. The van der Waals surface area contributed by atoms with Gasteiger partial charge in [-0.3, -0.25) is 14.7 Å². The molecule has 0 radical (unpaired) electrons. The highest BCUT2D eigenvalue weighted by Crippen LogP contribution is 2.21. The van der Waals surface area contributed by atoms with Crippen molar-refractivity contribution in [3.05, 3.63) is 42.1 Å². The lowest BCUT2D eigenvalue weighted by Gasteiger charge is -2.22. The molecule has 2 amide bonds. The maximum absolute atomic E-state index is 11.6. The number of aromatic nitrogens is 2. The molecule has 1 saturated heterocycles. The second-order valence-electron chi connectivity index (χ2n) is 8.19. The van der Waals surface area contributed by atoms with Crippen molar-refractivity contribution in [1.82, 2.24) is 20.4 Å². The zero-order valence-corrected chi connectivity index (χ0v) is 16.8. The van der Waals surface area contributed by atoms with Crippen molar-refractivity contribution < 1.29 is 14.7 Å². The Bertz CT molecular complexity index is 736. The van der Waals surface area contributed by atoms with Gasteiger partial charge in [0.15, 0.2) is 0 Å². The largest absolute Gasteiger partial charge is 0.391 e. The van der Waals surface area contributed by atoms with Gasteiger partial charge < -0.3 is 15.3 Å². The molecule has 1 aliphatic rings.